The Bertz CT molecular complexity index is 988. The molecule has 7 heteroatoms. The number of benzene rings is 2. The molecule has 1 atom stereocenters. The molecule has 0 saturated carbocycles. The number of ether oxygens (including phenoxy) is 1. The minimum Gasteiger partial charge on any atom is -0.497 e. The number of methoxy groups -OCH3 is 1. The number of hydrogen-bond acceptors (Lipinski definition) is 5. The summed E-state index contributed by atoms with van der Waals surface area (Å²) in [6.45, 7) is 3.07. The third-order valence-corrected chi connectivity index (χ3v) is 5.66. The molecule has 0 bridgehead atoms. The fourth-order valence-electron chi connectivity index (χ4n) is 3.81. The highest BCUT2D eigenvalue weighted by molar-refractivity contribution is 6.30. The van der Waals surface area contributed by atoms with Gasteiger partial charge in [0, 0.05) is 38.1 Å². The number of nitrogens with zero attached hydrogens (tertiary/aromatic N) is 3. The molecule has 6 nitrogen and oxygen atoms in total. The number of carbonyl (C=O) groups excluding carboxylic acids is 1. The SMILES string of the molecule is COc1ccc(NC(=O)C(c2ccccc2)N2CCN(c3ccc(Cl)cn3)CC2)cc1. The van der Waals surface area contributed by atoms with Gasteiger partial charge < -0.3 is 15.0 Å². The fraction of sp³-hybridized carbons (Fsp3) is 0.250. The molecule has 1 saturated heterocycles. The van der Waals surface area contributed by atoms with Gasteiger partial charge in [-0.25, -0.2) is 4.98 Å². The third kappa shape index (κ3) is 5.16. The molecule has 1 aliphatic heterocycles. The zero-order chi connectivity index (χ0) is 21.6. The maximum absolute atomic E-state index is 13.3. The lowest BCUT2D eigenvalue weighted by Gasteiger charge is -2.39. The van der Waals surface area contributed by atoms with Crippen LogP contribution in [0, 0.1) is 0 Å². The van der Waals surface area contributed by atoms with Gasteiger partial charge in [0.1, 0.15) is 17.6 Å². The molecule has 3 aromatic rings. The van der Waals surface area contributed by atoms with E-state index in [-0.39, 0.29) is 11.9 Å². The lowest BCUT2D eigenvalue weighted by Crippen LogP contribution is -2.50. The summed E-state index contributed by atoms with van der Waals surface area (Å²) in [5, 5.41) is 3.69. The Morgan fingerprint density at radius 2 is 1.71 bits per heavy atom. The Morgan fingerprint density at radius 3 is 2.32 bits per heavy atom. The number of carbonyl (C=O) groups is 1. The van der Waals surface area contributed by atoms with Crippen LogP contribution in [0.15, 0.2) is 72.9 Å². The van der Waals surface area contributed by atoms with Crippen LogP contribution in [0.4, 0.5) is 11.5 Å². The number of anilines is 2. The molecular weight excluding hydrogens is 412 g/mol. The van der Waals surface area contributed by atoms with Gasteiger partial charge in [0.25, 0.3) is 0 Å². The topological polar surface area (TPSA) is 57.7 Å². The van der Waals surface area contributed by atoms with Crippen LogP contribution < -0.4 is 15.0 Å². The lowest BCUT2D eigenvalue weighted by molar-refractivity contribution is -0.121. The summed E-state index contributed by atoms with van der Waals surface area (Å²) in [4.78, 5) is 22.2. The van der Waals surface area contributed by atoms with E-state index in [1.165, 1.54) is 0 Å². The van der Waals surface area contributed by atoms with Crippen molar-refractivity contribution in [2.24, 2.45) is 0 Å². The smallest absolute Gasteiger partial charge is 0.246 e. The van der Waals surface area contributed by atoms with E-state index in [1.807, 2.05) is 66.7 Å². The molecule has 31 heavy (non-hydrogen) atoms. The van der Waals surface area contributed by atoms with Crippen molar-refractivity contribution in [1.29, 1.82) is 0 Å². The predicted octanol–water partition coefficient (Wildman–Crippen LogP) is 4.25. The van der Waals surface area contributed by atoms with E-state index in [1.54, 1.807) is 13.3 Å². The average Bonchev–Trinajstić information content (AvgIpc) is 2.81. The van der Waals surface area contributed by atoms with Crippen molar-refractivity contribution >= 4 is 29.0 Å². The number of amides is 1. The Hall–Kier alpha value is -3.09. The second kappa shape index (κ2) is 9.81. The van der Waals surface area contributed by atoms with Crippen molar-refractivity contribution in [3.05, 3.63) is 83.5 Å². The number of halogens is 1. The van der Waals surface area contributed by atoms with E-state index in [2.05, 4.69) is 20.1 Å². The van der Waals surface area contributed by atoms with Crippen molar-refractivity contribution in [2.45, 2.75) is 6.04 Å². The monoisotopic (exact) mass is 436 g/mol. The van der Waals surface area contributed by atoms with Crippen molar-refractivity contribution < 1.29 is 9.53 Å². The fourth-order valence-corrected chi connectivity index (χ4v) is 3.92. The van der Waals surface area contributed by atoms with Crippen molar-refractivity contribution in [2.75, 3.05) is 43.5 Å². The Morgan fingerprint density at radius 1 is 1.00 bits per heavy atom. The van der Waals surface area contributed by atoms with Crippen LogP contribution in [0.3, 0.4) is 0 Å². The summed E-state index contributed by atoms with van der Waals surface area (Å²) in [6, 6.07) is 20.7. The summed E-state index contributed by atoms with van der Waals surface area (Å²) < 4.78 is 5.20. The van der Waals surface area contributed by atoms with E-state index in [9.17, 15) is 4.79 Å². The minimum atomic E-state index is -0.372. The highest BCUT2D eigenvalue weighted by Gasteiger charge is 2.30. The summed E-state index contributed by atoms with van der Waals surface area (Å²) in [6.07, 6.45) is 1.67. The highest BCUT2D eigenvalue weighted by Crippen LogP contribution is 2.26. The highest BCUT2D eigenvalue weighted by atomic mass is 35.5. The van der Waals surface area contributed by atoms with Gasteiger partial charge in [-0.1, -0.05) is 41.9 Å². The Balaban J connectivity index is 1.49. The molecule has 1 aromatic heterocycles. The van der Waals surface area contributed by atoms with Crippen LogP contribution in [0.25, 0.3) is 0 Å². The number of pyridine rings is 1. The molecule has 0 spiro atoms. The summed E-state index contributed by atoms with van der Waals surface area (Å²) in [5.41, 5.74) is 1.72. The summed E-state index contributed by atoms with van der Waals surface area (Å²) in [5.74, 6) is 1.61. The van der Waals surface area contributed by atoms with Crippen LogP contribution in [0.5, 0.6) is 5.75 Å². The van der Waals surface area contributed by atoms with Crippen LogP contribution in [-0.4, -0.2) is 49.1 Å². The van der Waals surface area contributed by atoms with E-state index < -0.39 is 0 Å². The van der Waals surface area contributed by atoms with Gasteiger partial charge >= 0.3 is 0 Å². The number of nitrogens with one attached hydrogen (secondary N) is 1. The first kappa shape index (κ1) is 21.2. The molecule has 1 N–H and O–H groups in total. The second-order valence-corrected chi connectivity index (χ2v) is 7.83. The van der Waals surface area contributed by atoms with E-state index in [0.29, 0.717) is 5.02 Å². The molecule has 1 unspecified atom stereocenters. The van der Waals surface area contributed by atoms with Gasteiger partial charge in [-0.05, 0) is 42.0 Å². The van der Waals surface area contributed by atoms with Crippen molar-refractivity contribution in [3.8, 4) is 5.75 Å². The molecule has 2 heterocycles. The van der Waals surface area contributed by atoms with Gasteiger partial charge in [0.05, 0.1) is 12.1 Å². The van der Waals surface area contributed by atoms with Crippen LogP contribution in [-0.2, 0) is 4.79 Å². The maximum atomic E-state index is 13.3. The van der Waals surface area contributed by atoms with Crippen molar-refractivity contribution in [1.82, 2.24) is 9.88 Å². The molecule has 2 aromatic carbocycles. The quantitative estimate of drug-likeness (QED) is 0.626. The number of aromatic nitrogens is 1. The van der Waals surface area contributed by atoms with Gasteiger partial charge in [0.2, 0.25) is 5.91 Å². The summed E-state index contributed by atoms with van der Waals surface area (Å²) in [7, 11) is 1.62. The molecule has 0 radical (unpaired) electrons. The first-order valence-corrected chi connectivity index (χ1v) is 10.6. The first-order valence-electron chi connectivity index (χ1n) is 10.2. The van der Waals surface area contributed by atoms with Gasteiger partial charge in [-0.2, -0.15) is 0 Å². The lowest BCUT2D eigenvalue weighted by atomic mass is 10.0. The van der Waals surface area contributed by atoms with E-state index >= 15 is 0 Å². The molecular formula is C24H25ClN4O2. The Labute approximate surface area is 187 Å². The largest absolute Gasteiger partial charge is 0.497 e. The first-order chi connectivity index (χ1) is 15.1. The molecule has 0 aliphatic carbocycles. The number of piperazine rings is 1. The van der Waals surface area contributed by atoms with Gasteiger partial charge in [-0.3, -0.25) is 9.69 Å². The molecule has 1 fully saturated rings. The summed E-state index contributed by atoms with van der Waals surface area (Å²) >= 11 is 5.96. The van der Waals surface area contributed by atoms with Crippen LogP contribution >= 0.6 is 11.6 Å². The van der Waals surface area contributed by atoms with Gasteiger partial charge in [0.15, 0.2) is 0 Å². The minimum absolute atomic E-state index is 0.0468. The van der Waals surface area contributed by atoms with Gasteiger partial charge in [-0.15, -0.1) is 0 Å². The molecule has 1 aliphatic rings. The number of rotatable bonds is 6. The maximum Gasteiger partial charge on any atom is 0.246 e. The molecule has 4 rings (SSSR count). The number of hydrogen-bond donors (Lipinski definition) is 1. The molecule has 160 valence electrons. The normalized spacial score (nSPS) is 15.4. The van der Waals surface area contributed by atoms with Crippen LogP contribution in [0.2, 0.25) is 5.02 Å². The zero-order valence-corrected chi connectivity index (χ0v) is 18.1. The van der Waals surface area contributed by atoms with E-state index in [4.69, 9.17) is 16.3 Å². The average molecular weight is 437 g/mol. The predicted molar refractivity (Wildman–Crippen MR) is 124 cm³/mol. The standard InChI is InChI=1S/C24H25ClN4O2/c1-31-21-10-8-20(9-11-21)27-24(30)23(18-5-3-2-4-6-18)29-15-13-28(14-16-29)22-12-7-19(25)17-26-22/h2-12,17,23H,13-16H2,1H3,(H,27,30). The van der Waals surface area contributed by atoms with Crippen molar-refractivity contribution in [3.63, 3.8) is 0 Å². The Kier molecular flexibility index (Phi) is 6.70. The third-order valence-electron chi connectivity index (χ3n) is 5.44. The zero-order valence-electron chi connectivity index (χ0n) is 17.4. The van der Waals surface area contributed by atoms with E-state index in [0.717, 1.165) is 49.0 Å². The second-order valence-electron chi connectivity index (χ2n) is 7.39. The van der Waals surface area contributed by atoms with Crippen LogP contribution in [0.1, 0.15) is 11.6 Å². The molecule has 1 amide bonds.